The Labute approximate surface area is 136 Å². The Kier molecular flexibility index (Phi) is 4.76. The molecule has 0 bridgehead atoms. The number of amides is 1. The van der Waals surface area contributed by atoms with Gasteiger partial charge in [-0.2, -0.15) is 0 Å². The van der Waals surface area contributed by atoms with Gasteiger partial charge in [0.15, 0.2) is 0 Å². The topological polar surface area (TPSA) is 42.0 Å². The van der Waals surface area contributed by atoms with Gasteiger partial charge in [0.25, 0.3) is 5.91 Å². The fraction of sp³-hybridized carbons (Fsp3) is 0.0769. The van der Waals surface area contributed by atoms with Crippen molar-refractivity contribution in [3.63, 3.8) is 0 Å². The van der Waals surface area contributed by atoms with Gasteiger partial charge < -0.3 is 5.32 Å². The number of hydrogen-bond acceptors (Lipinski definition) is 2. The number of nitrogens with zero attached hydrogens (tertiary/aromatic N) is 1. The van der Waals surface area contributed by atoms with Gasteiger partial charge in [0.1, 0.15) is 5.69 Å². The highest BCUT2D eigenvalue weighted by atomic mass is 79.9. The molecule has 1 aromatic carbocycles. The highest BCUT2D eigenvalue weighted by molar-refractivity contribution is 9.11. The number of hydrogen-bond donors (Lipinski definition) is 1. The molecule has 0 unspecified atom stereocenters. The summed E-state index contributed by atoms with van der Waals surface area (Å²) in [7, 11) is 0. The van der Waals surface area contributed by atoms with Gasteiger partial charge in [0, 0.05) is 19.6 Å². The molecule has 3 nitrogen and oxygen atoms in total. The number of halogens is 3. The lowest BCUT2D eigenvalue weighted by molar-refractivity contribution is 0.102. The van der Waals surface area contributed by atoms with Crippen LogP contribution in [0.4, 0.5) is 5.69 Å². The minimum absolute atomic E-state index is 0.266. The van der Waals surface area contributed by atoms with Crippen LogP contribution in [0.3, 0.4) is 0 Å². The number of anilines is 1. The van der Waals surface area contributed by atoms with E-state index in [1.165, 1.54) is 0 Å². The molecule has 0 saturated carbocycles. The monoisotopic (exact) mass is 446 g/mol. The maximum Gasteiger partial charge on any atom is 0.275 e. The lowest BCUT2D eigenvalue weighted by Crippen LogP contribution is -2.15. The summed E-state index contributed by atoms with van der Waals surface area (Å²) in [5.74, 6) is -0.266. The molecule has 2 rings (SSSR count). The van der Waals surface area contributed by atoms with Crippen LogP contribution < -0.4 is 5.32 Å². The van der Waals surface area contributed by atoms with Gasteiger partial charge in [-0.05, 0) is 84.5 Å². The average Bonchev–Trinajstić information content (AvgIpc) is 2.34. The fourth-order valence-corrected chi connectivity index (χ4v) is 3.59. The van der Waals surface area contributed by atoms with Crippen LogP contribution in [0.1, 0.15) is 16.1 Å². The fourth-order valence-electron chi connectivity index (χ4n) is 1.54. The second-order valence-electron chi connectivity index (χ2n) is 3.89. The highest BCUT2D eigenvalue weighted by Crippen LogP contribution is 2.32. The number of rotatable bonds is 2. The number of aryl methyl sites for hydroxylation is 1. The molecule has 0 aliphatic carbocycles. The van der Waals surface area contributed by atoms with Crippen LogP contribution in [0, 0.1) is 6.92 Å². The summed E-state index contributed by atoms with van der Waals surface area (Å²) >= 11 is 10.2. The molecule has 0 spiro atoms. The number of nitrogens with one attached hydrogen (secondary N) is 1. The largest absolute Gasteiger partial charge is 0.319 e. The number of benzene rings is 1. The molecular formula is C13H9Br3N2O. The lowest BCUT2D eigenvalue weighted by Gasteiger charge is -2.11. The first-order valence-electron chi connectivity index (χ1n) is 5.36. The number of aromatic nitrogens is 1. The summed E-state index contributed by atoms with van der Waals surface area (Å²) in [4.78, 5) is 16.2. The summed E-state index contributed by atoms with van der Waals surface area (Å²) in [6.45, 7) is 1.98. The van der Waals surface area contributed by atoms with Crippen molar-refractivity contribution in [2.45, 2.75) is 6.92 Å². The quantitative estimate of drug-likeness (QED) is 0.707. The normalized spacial score (nSPS) is 10.3. The molecule has 1 heterocycles. The summed E-state index contributed by atoms with van der Waals surface area (Å²) in [5.41, 5.74) is 2.13. The molecule has 1 amide bonds. The van der Waals surface area contributed by atoms with E-state index in [-0.39, 0.29) is 5.91 Å². The van der Waals surface area contributed by atoms with Crippen molar-refractivity contribution in [3.8, 4) is 0 Å². The molecule has 1 aromatic heterocycles. The average molecular weight is 449 g/mol. The highest BCUT2D eigenvalue weighted by Gasteiger charge is 2.15. The SMILES string of the molecule is Cc1cc(Br)c(NC(=O)c2ncccc2Br)c(Br)c1. The second-order valence-corrected chi connectivity index (χ2v) is 6.45. The van der Waals surface area contributed by atoms with Gasteiger partial charge in [-0.3, -0.25) is 4.79 Å². The maximum atomic E-state index is 12.2. The third kappa shape index (κ3) is 3.43. The molecule has 98 valence electrons. The number of carbonyl (C=O) groups is 1. The summed E-state index contributed by atoms with van der Waals surface area (Å²) in [5, 5.41) is 2.84. The van der Waals surface area contributed by atoms with Crippen LogP contribution in [0.15, 0.2) is 43.9 Å². The van der Waals surface area contributed by atoms with E-state index in [1.807, 2.05) is 19.1 Å². The standard InChI is InChI=1S/C13H9Br3N2O/c1-7-5-9(15)11(10(16)6-7)18-13(19)12-8(14)3-2-4-17-12/h2-6H,1H3,(H,18,19). The van der Waals surface area contributed by atoms with E-state index >= 15 is 0 Å². The first-order chi connectivity index (χ1) is 8.99. The summed E-state index contributed by atoms with van der Waals surface area (Å²) in [6, 6.07) is 7.42. The number of carbonyl (C=O) groups excluding carboxylic acids is 1. The van der Waals surface area contributed by atoms with Gasteiger partial charge in [-0.25, -0.2) is 4.98 Å². The zero-order valence-electron chi connectivity index (χ0n) is 9.88. The van der Waals surface area contributed by atoms with Crippen molar-refractivity contribution in [2.75, 3.05) is 5.32 Å². The van der Waals surface area contributed by atoms with Crippen LogP contribution in [0.2, 0.25) is 0 Å². The molecule has 2 aromatic rings. The van der Waals surface area contributed by atoms with Crippen molar-refractivity contribution in [1.82, 2.24) is 4.98 Å². The van der Waals surface area contributed by atoms with Crippen molar-refractivity contribution < 1.29 is 4.79 Å². The van der Waals surface area contributed by atoms with Crippen molar-refractivity contribution in [2.24, 2.45) is 0 Å². The first-order valence-corrected chi connectivity index (χ1v) is 7.74. The Morgan fingerprint density at radius 1 is 1.16 bits per heavy atom. The lowest BCUT2D eigenvalue weighted by atomic mass is 10.2. The first kappa shape index (κ1) is 14.7. The molecule has 0 saturated heterocycles. The smallest absolute Gasteiger partial charge is 0.275 e. The minimum Gasteiger partial charge on any atom is -0.319 e. The molecule has 0 aliphatic heterocycles. The van der Waals surface area contributed by atoms with Gasteiger partial charge in [-0.1, -0.05) is 0 Å². The van der Waals surface area contributed by atoms with Crippen LogP contribution in [-0.4, -0.2) is 10.9 Å². The molecule has 0 fully saturated rings. The van der Waals surface area contributed by atoms with E-state index in [4.69, 9.17) is 0 Å². The van der Waals surface area contributed by atoms with Gasteiger partial charge in [0.05, 0.1) is 5.69 Å². The van der Waals surface area contributed by atoms with E-state index in [1.54, 1.807) is 18.3 Å². The molecule has 0 aliphatic rings. The molecule has 0 atom stereocenters. The zero-order valence-corrected chi connectivity index (χ0v) is 14.6. The van der Waals surface area contributed by atoms with Crippen molar-refractivity contribution in [1.29, 1.82) is 0 Å². The van der Waals surface area contributed by atoms with E-state index in [2.05, 4.69) is 58.1 Å². The predicted molar refractivity (Wildman–Crippen MR) is 86.5 cm³/mol. The van der Waals surface area contributed by atoms with E-state index < -0.39 is 0 Å². The maximum absolute atomic E-state index is 12.2. The van der Waals surface area contributed by atoms with Crippen molar-refractivity contribution >= 4 is 59.4 Å². The Morgan fingerprint density at radius 2 is 1.79 bits per heavy atom. The van der Waals surface area contributed by atoms with E-state index in [0.717, 1.165) is 14.5 Å². The summed E-state index contributed by atoms with van der Waals surface area (Å²) in [6.07, 6.45) is 1.58. The van der Waals surface area contributed by atoms with E-state index in [0.29, 0.717) is 15.9 Å². The Balaban J connectivity index is 2.32. The molecular weight excluding hydrogens is 440 g/mol. The minimum atomic E-state index is -0.266. The van der Waals surface area contributed by atoms with Crippen LogP contribution >= 0.6 is 47.8 Å². The molecule has 1 N–H and O–H groups in total. The Bertz CT molecular complexity index is 621. The Morgan fingerprint density at radius 3 is 2.37 bits per heavy atom. The Hall–Kier alpha value is -0.720. The molecule has 0 radical (unpaired) electrons. The van der Waals surface area contributed by atoms with E-state index in [9.17, 15) is 4.79 Å². The van der Waals surface area contributed by atoms with Crippen molar-refractivity contribution in [3.05, 3.63) is 55.1 Å². The molecule has 6 heteroatoms. The molecule has 19 heavy (non-hydrogen) atoms. The van der Waals surface area contributed by atoms with Gasteiger partial charge in [0.2, 0.25) is 0 Å². The van der Waals surface area contributed by atoms with Gasteiger partial charge >= 0.3 is 0 Å². The van der Waals surface area contributed by atoms with Crippen LogP contribution in [0.5, 0.6) is 0 Å². The third-order valence-electron chi connectivity index (χ3n) is 2.40. The van der Waals surface area contributed by atoms with Crippen LogP contribution in [-0.2, 0) is 0 Å². The predicted octanol–water partition coefficient (Wildman–Crippen LogP) is 4.93. The zero-order chi connectivity index (χ0) is 14.0. The summed E-state index contributed by atoms with van der Waals surface area (Å²) < 4.78 is 2.30. The van der Waals surface area contributed by atoms with Gasteiger partial charge in [-0.15, -0.1) is 0 Å². The second kappa shape index (κ2) is 6.15. The third-order valence-corrected chi connectivity index (χ3v) is 4.29. The number of pyridine rings is 1. The van der Waals surface area contributed by atoms with Crippen LogP contribution in [0.25, 0.3) is 0 Å².